The third-order valence-electron chi connectivity index (χ3n) is 6.06. The van der Waals surface area contributed by atoms with Crippen LogP contribution in [0.3, 0.4) is 0 Å². The van der Waals surface area contributed by atoms with Crippen molar-refractivity contribution >= 4 is 0 Å². The number of ether oxygens (including phenoxy) is 5. The smallest absolute Gasteiger partial charge is 0.127 e. The molecule has 2 fully saturated rings. The van der Waals surface area contributed by atoms with Crippen molar-refractivity contribution in [2.45, 2.75) is 24.4 Å². The van der Waals surface area contributed by atoms with Gasteiger partial charge in [0.1, 0.15) is 47.4 Å². The first-order valence-corrected chi connectivity index (χ1v) is 11.9. The Labute approximate surface area is 204 Å². The molecular formula is C30H26O5. The molecule has 0 N–H and O–H groups in total. The summed E-state index contributed by atoms with van der Waals surface area (Å²) >= 11 is 0. The quantitative estimate of drug-likeness (QED) is 0.239. The predicted molar refractivity (Wildman–Crippen MR) is 132 cm³/mol. The molecule has 0 amide bonds. The zero-order chi connectivity index (χ0) is 23.5. The predicted octanol–water partition coefficient (Wildman–Crippen LogP) is 6.87. The van der Waals surface area contributed by atoms with E-state index in [1.165, 1.54) is 0 Å². The lowest BCUT2D eigenvalue weighted by Gasteiger charge is -2.24. The number of benzene rings is 4. The molecular weight excluding hydrogens is 440 g/mol. The van der Waals surface area contributed by atoms with Gasteiger partial charge in [0.05, 0.1) is 13.2 Å². The molecule has 0 saturated carbocycles. The molecule has 176 valence electrons. The summed E-state index contributed by atoms with van der Waals surface area (Å²) in [7, 11) is 0. The van der Waals surface area contributed by atoms with Gasteiger partial charge < -0.3 is 23.7 Å². The maximum atomic E-state index is 6.66. The Morgan fingerprint density at radius 2 is 0.829 bits per heavy atom. The van der Waals surface area contributed by atoms with Crippen molar-refractivity contribution in [1.82, 2.24) is 0 Å². The molecule has 0 spiro atoms. The minimum atomic E-state index is -0.185. The fourth-order valence-electron chi connectivity index (χ4n) is 4.08. The van der Waals surface area contributed by atoms with Gasteiger partial charge in [-0.3, -0.25) is 0 Å². The van der Waals surface area contributed by atoms with E-state index in [2.05, 4.69) is 0 Å². The number of hydrogen-bond donors (Lipinski definition) is 0. The fourth-order valence-corrected chi connectivity index (χ4v) is 4.08. The molecule has 2 heterocycles. The second-order valence-electron chi connectivity index (χ2n) is 8.69. The standard InChI is InChI=1S/C30H26O5/c1-3-7-23(8-4-1)33-25-15-11-21(12-16-25)29(27-19-31-27)35-30(28-20-32-28)22-13-17-26(18-14-22)34-24-9-5-2-6-10-24/h1-18,27-30H,19-20H2. The second kappa shape index (κ2) is 9.92. The first-order chi connectivity index (χ1) is 17.3. The van der Waals surface area contributed by atoms with Crippen LogP contribution in [0.1, 0.15) is 23.3 Å². The molecule has 5 nitrogen and oxygen atoms in total. The average Bonchev–Trinajstić information content (AvgIpc) is 3.82. The Hall–Kier alpha value is -3.64. The summed E-state index contributed by atoms with van der Waals surface area (Å²) in [6, 6.07) is 35.6. The van der Waals surface area contributed by atoms with E-state index < -0.39 is 0 Å². The molecule has 4 aromatic rings. The first-order valence-electron chi connectivity index (χ1n) is 11.9. The third kappa shape index (κ3) is 5.54. The zero-order valence-corrected chi connectivity index (χ0v) is 19.2. The average molecular weight is 467 g/mol. The van der Waals surface area contributed by atoms with Crippen molar-refractivity contribution in [3.05, 3.63) is 120 Å². The van der Waals surface area contributed by atoms with Crippen LogP contribution >= 0.6 is 0 Å². The van der Waals surface area contributed by atoms with E-state index in [9.17, 15) is 0 Å². The molecule has 0 radical (unpaired) electrons. The summed E-state index contributed by atoms with van der Waals surface area (Å²) in [6.07, 6.45) is -0.291. The van der Waals surface area contributed by atoms with E-state index in [0.29, 0.717) is 13.2 Å². The van der Waals surface area contributed by atoms with E-state index >= 15 is 0 Å². The van der Waals surface area contributed by atoms with Gasteiger partial charge in [-0.15, -0.1) is 0 Å². The zero-order valence-electron chi connectivity index (χ0n) is 19.2. The lowest BCUT2D eigenvalue weighted by molar-refractivity contribution is -0.0419. The summed E-state index contributed by atoms with van der Waals surface area (Å²) in [5.74, 6) is 3.19. The Morgan fingerprint density at radius 1 is 0.486 bits per heavy atom. The summed E-state index contributed by atoms with van der Waals surface area (Å²) < 4.78 is 29.8. The van der Waals surface area contributed by atoms with Crippen LogP contribution < -0.4 is 9.47 Å². The van der Waals surface area contributed by atoms with Gasteiger partial charge in [-0.1, -0.05) is 60.7 Å². The molecule has 4 unspecified atom stereocenters. The van der Waals surface area contributed by atoms with Crippen LogP contribution in [0, 0.1) is 0 Å². The van der Waals surface area contributed by atoms with Crippen LogP contribution in [-0.4, -0.2) is 25.4 Å². The Balaban J connectivity index is 1.17. The molecule has 4 aromatic carbocycles. The summed E-state index contributed by atoms with van der Waals surface area (Å²) in [4.78, 5) is 0. The highest BCUT2D eigenvalue weighted by molar-refractivity contribution is 5.36. The van der Waals surface area contributed by atoms with Crippen molar-refractivity contribution in [1.29, 1.82) is 0 Å². The van der Waals surface area contributed by atoms with Gasteiger partial charge in [0.15, 0.2) is 0 Å². The minimum absolute atomic E-state index is 0.0397. The molecule has 0 aliphatic carbocycles. The topological polar surface area (TPSA) is 52.8 Å². The lowest BCUT2D eigenvalue weighted by atomic mass is 10.0. The van der Waals surface area contributed by atoms with Gasteiger partial charge in [-0.05, 0) is 59.7 Å². The summed E-state index contributed by atoms with van der Waals surface area (Å²) in [5, 5.41) is 0. The maximum absolute atomic E-state index is 6.66. The van der Waals surface area contributed by atoms with E-state index in [1.54, 1.807) is 0 Å². The first kappa shape index (κ1) is 21.9. The van der Waals surface area contributed by atoms with Crippen molar-refractivity contribution in [3.63, 3.8) is 0 Å². The fraction of sp³-hybridized carbons (Fsp3) is 0.200. The molecule has 35 heavy (non-hydrogen) atoms. The van der Waals surface area contributed by atoms with Crippen LogP contribution in [0.25, 0.3) is 0 Å². The van der Waals surface area contributed by atoms with Crippen molar-refractivity contribution in [2.75, 3.05) is 13.2 Å². The van der Waals surface area contributed by atoms with Gasteiger partial charge in [0.2, 0.25) is 0 Å². The van der Waals surface area contributed by atoms with E-state index in [-0.39, 0.29) is 24.4 Å². The minimum Gasteiger partial charge on any atom is -0.457 e. The van der Waals surface area contributed by atoms with Gasteiger partial charge in [0.25, 0.3) is 0 Å². The highest BCUT2D eigenvalue weighted by Crippen LogP contribution is 2.41. The maximum Gasteiger partial charge on any atom is 0.127 e. The van der Waals surface area contributed by atoms with E-state index in [1.807, 2.05) is 109 Å². The lowest BCUT2D eigenvalue weighted by Crippen LogP contribution is -2.19. The molecule has 4 atom stereocenters. The Morgan fingerprint density at radius 3 is 1.17 bits per heavy atom. The van der Waals surface area contributed by atoms with Crippen molar-refractivity contribution in [2.24, 2.45) is 0 Å². The van der Waals surface area contributed by atoms with Gasteiger partial charge in [0, 0.05) is 0 Å². The SMILES string of the molecule is c1ccc(Oc2ccc(C(OC(c3ccc(Oc4ccccc4)cc3)C3CO3)C3CO3)cc2)cc1. The largest absolute Gasteiger partial charge is 0.457 e. The highest BCUT2D eigenvalue weighted by atomic mass is 16.6. The van der Waals surface area contributed by atoms with Crippen LogP contribution in [0.4, 0.5) is 0 Å². The molecule has 2 aliphatic rings. The monoisotopic (exact) mass is 466 g/mol. The second-order valence-corrected chi connectivity index (χ2v) is 8.69. The number of para-hydroxylation sites is 2. The molecule has 2 aliphatic heterocycles. The van der Waals surface area contributed by atoms with Crippen LogP contribution in [0.5, 0.6) is 23.0 Å². The number of rotatable bonds is 10. The van der Waals surface area contributed by atoms with Gasteiger partial charge in [-0.25, -0.2) is 0 Å². The third-order valence-corrected chi connectivity index (χ3v) is 6.06. The summed E-state index contributed by atoms with van der Waals surface area (Å²) in [5.41, 5.74) is 2.12. The normalized spacial score (nSPS) is 20.0. The van der Waals surface area contributed by atoms with Crippen LogP contribution in [0.2, 0.25) is 0 Å². The molecule has 0 bridgehead atoms. The number of hydrogen-bond acceptors (Lipinski definition) is 5. The van der Waals surface area contributed by atoms with Crippen molar-refractivity contribution in [3.8, 4) is 23.0 Å². The highest BCUT2D eigenvalue weighted by Gasteiger charge is 2.42. The molecule has 6 rings (SSSR count). The van der Waals surface area contributed by atoms with E-state index in [4.69, 9.17) is 23.7 Å². The molecule has 2 saturated heterocycles. The van der Waals surface area contributed by atoms with Gasteiger partial charge >= 0.3 is 0 Å². The Kier molecular flexibility index (Phi) is 6.20. The summed E-state index contributed by atoms with van der Waals surface area (Å²) in [6.45, 7) is 1.38. The van der Waals surface area contributed by atoms with E-state index in [0.717, 1.165) is 34.1 Å². The van der Waals surface area contributed by atoms with Crippen LogP contribution in [0.15, 0.2) is 109 Å². The molecule has 5 heteroatoms. The molecule has 0 aromatic heterocycles. The Bertz CT molecular complexity index is 1120. The van der Waals surface area contributed by atoms with Gasteiger partial charge in [-0.2, -0.15) is 0 Å². The number of epoxide rings is 2. The van der Waals surface area contributed by atoms with Crippen LogP contribution in [-0.2, 0) is 14.2 Å². The van der Waals surface area contributed by atoms with Crippen molar-refractivity contribution < 1.29 is 23.7 Å².